The first-order valence-electron chi connectivity index (χ1n) is 7.97. The molecular weight excluding hydrogens is 320 g/mol. The number of hydrogen-bond acceptors (Lipinski definition) is 5. The Kier molecular flexibility index (Phi) is 4.61. The molecule has 6 heteroatoms. The molecule has 3 aromatic rings. The molecule has 0 aliphatic carbocycles. The second-order valence-electron chi connectivity index (χ2n) is 5.93. The lowest BCUT2D eigenvalue weighted by Crippen LogP contribution is -2.12. The summed E-state index contributed by atoms with van der Waals surface area (Å²) in [6.07, 6.45) is 0. The van der Waals surface area contributed by atoms with Gasteiger partial charge in [-0.3, -0.25) is 4.79 Å². The molecule has 1 aromatic carbocycles. The predicted octanol–water partition coefficient (Wildman–Crippen LogP) is 4.33. The van der Waals surface area contributed by atoms with Crippen LogP contribution in [0.4, 0.5) is 5.69 Å². The summed E-state index contributed by atoms with van der Waals surface area (Å²) in [7, 11) is 0. The Morgan fingerprint density at radius 3 is 2.48 bits per heavy atom. The molecule has 130 valence electrons. The van der Waals surface area contributed by atoms with Crippen molar-refractivity contribution in [1.82, 2.24) is 5.16 Å². The van der Waals surface area contributed by atoms with E-state index in [1.807, 2.05) is 32.0 Å². The molecule has 0 bridgehead atoms. The third-order valence-electron chi connectivity index (χ3n) is 3.92. The Balaban J connectivity index is 1.67. The molecular formula is C19H20N2O4. The summed E-state index contributed by atoms with van der Waals surface area (Å²) in [6, 6.07) is 9.33. The van der Waals surface area contributed by atoms with Crippen molar-refractivity contribution in [2.45, 2.75) is 34.3 Å². The molecule has 0 aliphatic rings. The number of anilines is 1. The van der Waals surface area contributed by atoms with E-state index in [9.17, 15) is 4.79 Å². The van der Waals surface area contributed by atoms with Gasteiger partial charge in [0.1, 0.15) is 29.5 Å². The average molecular weight is 340 g/mol. The number of rotatable bonds is 5. The van der Waals surface area contributed by atoms with Gasteiger partial charge in [-0.25, -0.2) is 0 Å². The zero-order chi connectivity index (χ0) is 18.0. The largest absolute Gasteiger partial charge is 0.485 e. The molecule has 6 nitrogen and oxygen atoms in total. The molecule has 3 rings (SSSR count). The number of aromatic nitrogens is 1. The van der Waals surface area contributed by atoms with Crippen molar-refractivity contribution >= 4 is 11.6 Å². The lowest BCUT2D eigenvalue weighted by molar-refractivity contribution is 0.0992. The van der Waals surface area contributed by atoms with E-state index in [2.05, 4.69) is 10.5 Å². The number of amides is 1. The average Bonchev–Trinajstić information content (AvgIpc) is 3.16. The van der Waals surface area contributed by atoms with Crippen LogP contribution in [-0.2, 0) is 6.61 Å². The Morgan fingerprint density at radius 2 is 1.84 bits per heavy atom. The fraction of sp³-hybridized carbons (Fsp3) is 0.263. The first-order chi connectivity index (χ1) is 12.0. The SMILES string of the molecule is Cc1cccc(C)c1OCc1ccc(C(=O)Nc2c(C)noc2C)o1. The molecule has 0 atom stereocenters. The van der Waals surface area contributed by atoms with Crippen molar-refractivity contribution in [3.8, 4) is 5.75 Å². The highest BCUT2D eigenvalue weighted by Gasteiger charge is 2.17. The number of hydrogen-bond donors (Lipinski definition) is 1. The first kappa shape index (κ1) is 16.8. The summed E-state index contributed by atoms with van der Waals surface area (Å²) < 4.78 is 16.5. The van der Waals surface area contributed by atoms with E-state index in [-0.39, 0.29) is 18.3 Å². The third kappa shape index (κ3) is 3.57. The summed E-state index contributed by atoms with van der Waals surface area (Å²) in [5, 5.41) is 6.56. The highest BCUT2D eigenvalue weighted by Crippen LogP contribution is 2.24. The second-order valence-corrected chi connectivity index (χ2v) is 5.93. The van der Waals surface area contributed by atoms with Gasteiger partial charge in [0, 0.05) is 0 Å². The Morgan fingerprint density at radius 1 is 1.12 bits per heavy atom. The van der Waals surface area contributed by atoms with Gasteiger partial charge in [0.15, 0.2) is 11.5 Å². The summed E-state index contributed by atoms with van der Waals surface area (Å²) in [5.74, 6) is 1.82. The normalized spacial score (nSPS) is 10.7. The van der Waals surface area contributed by atoms with Crippen LogP contribution in [-0.4, -0.2) is 11.1 Å². The van der Waals surface area contributed by atoms with Crippen LogP contribution in [0.1, 0.15) is 38.9 Å². The van der Waals surface area contributed by atoms with Gasteiger partial charge in [-0.15, -0.1) is 0 Å². The summed E-state index contributed by atoms with van der Waals surface area (Å²) in [6.45, 7) is 7.74. The maximum Gasteiger partial charge on any atom is 0.291 e. The molecule has 25 heavy (non-hydrogen) atoms. The van der Waals surface area contributed by atoms with Crippen molar-refractivity contribution < 1.29 is 18.5 Å². The number of benzene rings is 1. The van der Waals surface area contributed by atoms with Crippen molar-refractivity contribution in [1.29, 1.82) is 0 Å². The molecule has 0 spiro atoms. The predicted molar refractivity (Wildman–Crippen MR) is 92.9 cm³/mol. The highest BCUT2D eigenvalue weighted by atomic mass is 16.5. The number of aryl methyl sites for hydroxylation is 4. The minimum Gasteiger partial charge on any atom is -0.485 e. The van der Waals surface area contributed by atoms with Gasteiger partial charge < -0.3 is 19.0 Å². The van der Waals surface area contributed by atoms with Crippen molar-refractivity contribution in [2.75, 3.05) is 5.32 Å². The molecule has 0 aliphatic heterocycles. The number of nitrogens with zero attached hydrogens (tertiary/aromatic N) is 1. The molecule has 1 N–H and O–H groups in total. The molecule has 0 fully saturated rings. The van der Waals surface area contributed by atoms with Gasteiger partial charge in [-0.1, -0.05) is 23.4 Å². The van der Waals surface area contributed by atoms with Crippen LogP contribution in [0.25, 0.3) is 0 Å². The topological polar surface area (TPSA) is 77.5 Å². The van der Waals surface area contributed by atoms with E-state index < -0.39 is 0 Å². The van der Waals surface area contributed by atoms with Gasteiger partial charge >= 0.3 is 0 Å². The van der Waals surface area contributed by atoms with Gasteiger partial charge in [0.05, 0.1) is 0 Å². The Labute approximate surface area is 145 Å². The fourth-order valence-electron chi connectivity index (χ4n) is 2.58. The van der Waals surface area contributed by atoms with Crippen LogP contribution in [0.3, 0.4) is 0 Å². The van der Waals surface area contributed by atoms with Gasteiger partial charge in [-0.05, 0) is 51.0 Å². The molecule has 2 aromatic heterocycles. The van der Waals surface area contributed by atoms with Gasteiger partial charge in [0.25, 0.3) is 5.91 Å². The maximum atomic E-state index is 12.3. The van der Waals surface area contributed by atoms with Crippen LogP contribution in [0.2, 0.25) is 0 Å². The van der Waals surface area contributed by atoms with Crippen LogP contribution in [0.5, 0.6) is 5.75 Å². The zero-order valence-electron chi connectivity index (χ0n) is 14.7. The van der Waals surface area contributed by atoms with E-state index in [1.54, 1.807) is 26.0 Å². The number of para-hydroxylation sites is 1. The van der Waals surface area contributed by atoms with E-state index in [4.69, 9.17) is 13.7 Å². The second kappa shape index (κ2) is 6.84. The van der Waals surface area contributed by atoms with Gasteiger partial charge in [-0.2, -0.15) is 0 Å². The van der Waals surface area contributed by atoms with Gasteiger partial charge in [0.2, 0.25) is 0 Å². The Bertz CT molecular complexity index is 868. The monoisotopic (exact) mass is 340 g/mol. The number of furan rings is 1. The zero-order valence-corrected chi connectivity index (χ0v) is 14.7. The summed E-state index contributed by atoms with van der Waals surface area (Å²) in [4.78, 5) is 12.3. The van der Waals surface area contributed by atoms with E-state index in [1.165, 1.54) is 0 Å². The van der Waals surface area contributed by atoms with Crippen LogP contribution in [0.15, 0.2) is 39.3 Å². The van der Waals surface area contributed by atoms with Crippen molar-refractivity contribution in [3.63, 3.8) is 0 Å². The van der Waals surface area contributed by atoms with E-state index in [0.29, 0.717) is 22.9 Å². The summed E-state index contributed by atoms with van der Waals surface area (Å²) in [5.41, 5.74) is 3.30. The standard InChI is InChI=1S/C19H20N2O4/c1-11-6-5-7-12(2)18(11)23-10-15-8-9-16(24-15)19(22)20-17-13(3)21-25-14(17)4/h5-9H,10H2,1-4H3,(H,20,22). The molecule has 0 radical (unpaired) electrons. The minimum atomic E-state index is -0.354. The highest BCUT2D eigenvalue weighted by molar-refractivity contribution is 6.02. The van der Waals surface area contributed by atoms with Crippen LogP contribution >= 0.6 is 0 Å². The molecule has 1 amide bonds. The van der Waals surface area contributed by atoms with Crippen LogP contribution < -0.4 is 10.1 Å². The molecule has 0 saturated heterocycles. The fourth-order valence-corrected chi connectivity index (χ4v) is 2.58. The van der Waals surface area contributed by atoms with E-state index in [0.717, 1.165) is 16.9 Å². The summed E-state index contributed by atoms with van der Waals surface area (Å²) >= 11 is 0. The van der Waals surface area contributed by atoms with E-state index >= 15 is 0 Å². The molecule has 0 saturated carbocycles. The molecule has 0 unspecified atom stereocenters. The number of carbonyl (C=O) groups is 1. The van der Waals surface area contributed by atoms with Crippen molar-refractivity contribution in [2.24, 2.45) is 0 Å². The quantitative estimate of drug-likeness (QED) is 0.748. The minimum absolute atomic E-state index is 0.208. The maximum absolute atomic E-state index is 12.3. The first-order valence-corrected chi connectivity index (χ1v) is 7.97. The Hall–Kier alpha value is -3.02. The van der Waals surface area contributed by atoms with Crippen LogP contribution in [0, 0.1) is 27.7 Å². The third-order valence-corrected chi connectivity index (χ3v) is 3.92. The smallest absolute Gasteiger partial charge is 0.291 e. The molecule has 2 heterocycles. The number of carbonyl (C=O) groups excluding carboxylic acids is 1. The number of nitrogens with one attached hydrogen (secondary N) is 1. The lowest BCUT2D eigenvalue weighted by Gasteiger charge is -2.10. The number of ether oxygens (including phenoxy) is 1. The van der Waals surface area contributed by atoms with Crippen molar-refractivity contribution in [3.05, 3.63) is 64.4 Å². The lowest BCUT2D eigenvalue weighted by atomic mass is 10.1.